The van der Waals surface area contributed by atoms with Gasteiger partial charge < -0.3 is 15.4 Å². The number of fused-ring (bicyclic) bond motifs is 1. The summed E-state index contributed by atoms with van der Waals surface area (Å²) in [6, 6.07) is 11.9. The number of hydrogen-bond donors (Lipinski definition) is 2. The standard InChI is InChI=1S/C19H22N4O2/c1-23-13-15(12-22-23)7-8-20-19(24)21-11-14-3-4-17-10-18(25-2)6-5-16(17)9-14/h3-6,9-10,12-13H,7-8,11H2,1-2H3,(H2,20,21,24). The maximum atomic E-state index is 11.9. The van der Waals surface area contributed by atoms with Gasteiger partial charge in [0, 0.05) is 26.3 Å². The summed E-state index contributed by atoms with van der Waals surface area (Å²) in [6.07, 6.45) is 4.52. The van der Waals surface area contributed by atoms with Crippen molar-refractivity contribution in [2.75, 3.05) is 13.7 Å². The molecule has 0 aliphatic rings. The summed E-state index contributed by atoms with van der Waals surface area (Å²) in [6.45, 7) is 1.07. The van der Waals surface area contributed by atoms with Crippen LogP contribution in [0.1, 0.15) is 11.1 Å². The van der Waals surface area contributed by atoms with Gasteiger partial charge in [0.15, 0.2) is 0 Å². The smallest absolute Gasteiger partial charge is 0.315 e. The average Bonchev–Trinajstić information content (AvgIpc) is 3.04. The zero-order valence-electron chi connectivity index (χ0n) is 14.5. The minimum atomic E-state index is -0.168. The molecule has 3 rings (SSSR count). The third-order valence-corrected chi connectivity index (χ3v) is 4.02. The molecule has 0 atom stereocenters. The normalized spacial score (nSPS) is 10.6. The van der Waals surface area contributed by atoms with Gasteiger partial charge in [0.1, 0.15) is 5.75 Å². The van der Waals surface area contributed by atoms with E-state index in [-0.39, 0.29) is 6.03 Å². The second kappa shape index (κ2) is 7.70. The number of carbonyl (C=O) groups excluding carboxylic acids is 1. The van der Waals surface area contributed by atoms with Gasteiger partial charge in [0.2, 0.25) is 0 Å². The van der Waals surface area contributed by atoms with Crippen LogP contribution >= 0.6 is 0 Å². The van der Waals surface area contributed by atoms with E-state index in [0.717, 1.165) is 34.1 Å². The molecule has 2 N–H and O–H groups in total. The average molecular weight is 338 g/mol. The molecule has 130 valence electrons. The van der Waals surface area contributed by atoms with Crippen LogP contribution in [0.2, 0.25) is 0 Å². The van der Waals surface area contributed by atoms with Crippen molar-refractivity contribution < 1.29 is 9.53 Å². The van der Waals surface area contributed by atoms with Gasteiger partial charge in [-0.05, 0) is 46.5 Å². The molecule has 25 heavy (non-hydrogen) atoms. The zero-order valence-corrected chi connectivity index (χ0v) is 14.5. The maximum absolute atomic E-state index is 11.9. The van der Waals surface area contributed by atoms with Gasteiger partial charge in [-0.3, -0.25) is 4.68 Å². The van der Waals surface area contributed by atoms with E-state index in [0.29, 0.717) is 13.1 Å². The fourth-order valence-electron chi connectivity index (χ4n) is 2.68. The zero-order chi connectivity index (χ0) is 17.6. The Morgan fingerprint density at radius 2 is 1.92 bits per heavy atom. The van der Waals surface area contributed by atoms with Crippen molar-refractivity contribution in [2.24, 2.45) is 7.05 Å². The molecule has 6 nitrogen and oxygen atoms in total. The number of ether oxygens (including phenoxy) is 1. The van der Waals surface area contributed by atoms with Gasteiger partial charge >= 0.3 is 6.03 Å². The van der Waals surface area contributed by atoms with E-state index in [9.17, 15) is 4.79 Å². The molecule has 0 fully saturated rings. The van der Waals surface area contributed by atoms with Crippen molar-refractivity contribution in [1.82, 2.24) is 20.4 Å². The number of aromatic nitrogens is 2. The SMILES string of the molecule is COc1ccc2cc(CNC(=O)NCCc3cnn(C)c3)ccc2c1. The summed E-state index contributed by atoms with van der Waals surface area (Å²) in [7, 11) is 3.54. The van der Waals surface area contributed by atoms with E-state index in [1.165, 1.54) is 0 Å². The van der Waals surface area contributed by atoms with Crippen LogP contribution in [-0.4, -0.2) is 29.5 Å². The number of rotatable bonds is 6. The highest BCUT2D eigenvalue weighted by atomic mass is 16.5. The molecule has 6 heteroatoms. The van der Waals surface area contributed by atoms with Gasteiger partial charge in [-0.25, -0.2) is 4.79 Å². The molecule has 2 amide bonds. The highest BCUT2D eigenvalue weighted by Crippen LogP contribution is 2.21. The molecular weight excluding hydrogens is 316 g/mol. The van der Waals surface area contributed by atoms with Crippen molar-refractivity contribution in [3.63, 3.8) is 0 Å². The van der Waals surface area contributed by atoms with Crippen molar-refractivity contribution in [3.05, 3.63) is 59.9 Å². The van der Waals surface area contributed by atoms with Gasteiger partial charge in [0.25, 0.3) is 0 Å². The maximum Gasteiger partial charge on any atom is 0.315 e. The number of methoxy groups -OCH3 is 1. The monoisotopic (exact) mass is 338 g/mol. The Morgan fingerprint density at radius 1 is 1.12 bits per heavy atom. The summed E-state index contributed by atoms with van der Waals surface area (Å²) < 4.78 is 6.99. The number of benzene rings is 2. The highest BCUT2D eigenvalue weighted by Gasteiger charge is 2.03. The van der Waals surface area contributed by atoms with Crippen LogP contribution in [0.3, 0.4) is 0 Å². The Morgan fingerprint density at radius 3 is 2.68 bits per heavy atom. The van der Waals surface area contributed by atoms with Gasteiger partial charge in [0.05, 0.1) is 13.3 Å². The number of nitrogens with zero attached hydrogens (tertiary/aromatic N) is 2. The Kier molecular flexibility index (Phi) is 5.18. The number of carbonyl (C=O) groups is 1. The molecule has 0 aliphatic heterocycles. The number of urea groups is 1. The van der Waals surface area contributed by atoms with Crippen LogP contribution in [0.4, 0.5) is 4.79 Å². The lowest BCUT2D eigenvalue weighted by atomic mass is 10.1. The summed E-state index contributed by atoms with van der Waals surface area (Å²) in [5, 5.41) is 12.1. The van der Waals surface area contributed by atoms with Gasteiger partial charge in [-0.15, -0.1) is 0 Å². The fraction of sp³-hybridized carbons (Fsp3) is 0.263. The van der Waals surface area contributed by atoms with Crippen molar-refractivity contribution in [3.8, 4) is 5.75 Å². The Balaban J connectivity index is 1.49. The summed E-state index contributed by atoms with van der Waals surface area (Å²) in [5.41, 5.74) is 2.16. The first-order chi connectivity index (χ1) is 12.1. The van der Waals surface area contributed by atoms with Gasteiger partial charge in [-0.2, -0.15) is 5.10 Å². The van der Waals surface area contributed by atoms with Crippen LogP contribution in [0, 0.1) is 0 Å². The topological polar surface area (TPSA) is 68.2 Å². The van der Waals surface area contributed by atoms with Gasteiger partial charge in [-0.1, -0.05) is 18.2 Å². The summed E-state index contributed by atoms with van der Waals surface area (Å²) in [4.78, 5) is 11.9. The first kappa shape index (κ1) is 16.8. The molecule has 0 aliphatic carbocycles. The molecule has 0 bridgehead atoms. The molecule has 1 aromatic heterocycles. The van der Waals surface area contributed by atoms with Crippen LogP contribution < -0.4 is 15.4 Å². The van der Waals surface area contributed by atoms with Crippen molar-refractivity contribution >= 4 is 16.8 Å². The molecular formula is C19H22N4O2. The molecule has 0 radical (unpaired) electrons. The Hall–Kier alpha value is -3.02. The second-order valence-electron chi connectivity index (χ2n) is 5.93. The molecule has 0 unspecified atom stereocenters. The van der Waals surface area contributed by atoms with E-state index >= 15 is 0 Å². The minimum absolute atomic E-state index is 0.168. The summed E-state index contributed by atoms with van der Waals surface area (Å²) >= 11 is 0. The molecule has 1 heterocycles. The Bertz CT molecular complexity index is 873. The lowest BCUT2D eigenvalue weighted by Crippen LogP contribution is -2.36. The van der Waals surface area contributed by atoms with Crippen LogP contribution in [-0.2, 0) is 20.0 Å². The first-order valence-electron chi connectivity index (χ1n) is 8.20. The van der Waals surface area contributed by atoms with Crippen LogP contribution in [0.15, 0.2) is 48.8 Å². The molecule has 0 spiro atoms. The van der Waals surface area contributed by atoms with E-state index in [1.807, 2.05) is 49.8 Å². The van der Waals surface area contributed by atoms with E-state index in [2.05, 4.69) is 21.8 Å². The number of nitrogens with one attached hydrogen (secondary N) is 2. The van der Waals surface area contributed by atoms with E-state index < -0.39 is 0 Å². The first-order valence-corrected chi connectivity index (χ1v) is 8.20. The van der Waals surface area contributed by atoms with Crippen molar-refractivity contribution in [2.45, 2.75) is 13.0 Å². The molecule has 0 saturated heterocycles. The minimum Gasteiger partial charge on any atom is -0.497 e. The molecule has 0 saturated carbocycles. The predicted molar refractivity (Wildman–Crippen MR) is 97.7 cm³/mol. The molecule has 2 aromatic carbocycles. The quantitative estimate of drug-likeness (QED) is 0.726. The second-order valence-corrected chi connectivity index (χ2v) is 5.93. The fourth-order valence-corrected chi connectivity index (χ4v) is 2.68. The van der Waals surface area contributed by atoms with Crippen LogP contribution in [0.5, 0.6) is 5.75 Å². The van der Waals surface area contributed by atoms with E-state index in [1.54, 1.807) is 11.8 Å². The van der Waals surface area contributed by atoms with Crippen LogP contribution in [0.25, 0.3) is 10.8 Å². The lowest BCUT2D eigenvalue weighted by molar-refractivity contribution is 0.240. The number of amides is 2. The third kappa shape index (κ3) is 4.50. The highest BCUT2D eigenvalue weighted by molar-refractivity contribution is 5.84. The third-order valence-electron chi connectivity index (χ3n) is 4.02. The number of hydrogen-bond acceptors (Lipinski definition) is 3. The largest absolute Gasteiger partial charge is 0.497 e. The predicted octanol–water partition coefficient (Wildman–Crippen LogP) is 2.62. The Labute approximate surface area is 146 Å². The molecule has 3 aromatic rings. The van der Waals surface area contributed by atoms with E-state index in [4.69, 9.17) is 4.74 Å². The number of aryl methyl sites for hydroxylation is 1. The summed E-state index contributed by atoms with van der Waals surface area (Å²) in [5.74, 6) is 0.839. The van der Waals surface area contributed by atoms with Crippen molar-refractivity contribution in [1.29, 1.82) is 0 Å². The lowest BCUT2D eigenvalue weighted by Gasteiger charge is -2.09.